The fourth-order valence-corrected chi connectivity index (χ4v) is 7.09. The van der Waals surface area contributed by atoms with Crippen LogP contribution in [0.3, 0.4) is 0 Å². The van der Waals surface area contributed by atoms with E-state index in [4.69, 9.17) is 34.8 Å². The van der Waals surface area contributed by atoms with Crippen molar-refractivity contribution in [2.24, 2.45) is 0 Å². The average Bonchev–Trinajstić information content (AvgIpc) is 2.60. The molecule has 2 saturated carbocycles. The molecule has 0 N–H and O–H groups in total. The highest BCUT2D eigenvalue weighted by Gasteiger charge is 2.39. The van der Waals surface area contributed by atoms with Gasteiger partial charge in [-0.05, 0) is 37.8 Å². The van der Waals surface area contributed by atoms with Gasteiger partial charge in [-0.3, -0.25) is 0 Å². The summed E-state index contributed by atoms with van der Waals surface area (Å²) in [4.78, 5) is 0.0831. The Morgan fingerprint density at radius 2 is 1.16 bits per heavy atom. The van der Waals surface area contributed by atoms with Crippen LogP contribution in [-0.4, -0.2) is 24.8 Å². The van der Waals surface area contributed by atoms with Crippen molar-refractivity contribution in [3.05, 3.63) is 27.2 Å². The fraction of sp³-hybridized carbons (Fsp3) is 0.667. The molecule has 0 spiro atoms. The van der Waals surface area contributed by atoms with Gasteiger partial charge in [0.2, 0.25) is 10.0 Å². The van der Waals surface area contributed by atoms with Crippen LogP contribution in [0.5, 0.6) is 0 Å². The van der Waals surface area contributed by atoms with Gasteiger partial charge in [0.1, 0.15) is 4.90 Å². The molecule has 0 radical (unpaired) electrons. The predicted molar refractivity (Wildman–Crippen MR) is 104 cm³/mol. The van der Waals surface area contributed by atoms with E-state index < -0.39 is 10.0 Å². The van der Waals surface area contributed by atoms with E-state index in [1.165, 1.54) is 25.0 Å². The molecule has 3 nitrogen and oxygen atoms in total. The number of hydrogen-bond donors (Lipinski definition) is 0. The summed E-state index contributed by atoms with van der Waals surface area (Å²) in [5.41, 5.74) is 0. The molecule has 0 amide bonds. The van der Waals surface area contributed by atoms with E-state index in [1.807, 2.05) is 0 Å². The summed E-state index contributed by atoms with van der Waals surface area (Å²) in [5, 5.41) is 0.635. The minimum Gasteiger partial charge on any atom is -0.207 e. The van der Waals surface area contributed by atoms with Crippen LogP contribution in [0, 0.1) is 0 Å². The molecular formula is C18H24Cl3NO2S. The Morgan fingerprint density at radius 1 is 0.720 bits per heavy atom. The van der Waals surface area contributed by atoms with Gasteiger partial charge in [0.25, 0.3) is 0 Å². The quantitative estimate of drug-likeness (QED) is 0.532. The highest BCUT2D eigenvalue weighted by Crippen LogP contribution is 2.38. The van der Waals surface area contributed by atoms with Crippen molar-refractivity contribution in [3.63, 3.8) is 0 Å². The van der Waals surface area contributed by atoms with Gasteiger partial charge >= 0.3 is 0 Å². The number of nitrogens with zero attached hydrogens (tertiary/aromatic N) is 1. The minimum absolute atomic E-state index is 0.0624. The first-order chi connectivity index (χ1) is 11.9. The van der Waals surface area contributed by atoms with Gasteiger partial charge in [0, 0.05) is 12.1 Å². The van der Waals surface area contributed by atoms with Crippen molar-refractivity contribution in [2.45, 2.75) is 81.2 Å². The Balaban J connectivity index is 2.02. The second kappa shape index (κ2) is 8.35. The third-order valence-corrected chi connectivity index (χ3v) is 8.59. The summed E-state index contributed by atoms with van der Waals surface area (Å²) in [7, 11) is -3.71. The molecule has 140 valence electrons. The summed E-state index contributed by atoms with van der Waals surface area (Å²) >= 11 is 18.3. The number of benzene rings is 1. The van der Waals surface area contributed by atoms with Gasteiger partial charge in [0.15, 0.2) is 0 Å². The van der Waals surface area contributed by atoms with Crippen LogP contribution in [0.1, 0.15) is 64.2 Å². The highest BCUT2D eigenvalue weighted by atomic mass is 35.5. The second-order valence-corrected chi connectivity index (χ2v) is 10.1. The van der Waals surface area contributed by atoms with Gasteiger partial charge in [-0.2, -0.15) is 4.31 Å². The molecule has 0 aliphatic heterocycles. The summed E-state index contributed by atoms with van der Waals surface area (Å²) in [6.45, 7) is 0. The number of rotatable bonds is 4. The third kappa shape index (κ3) is 4.30. The minimum atomic E-state index is -3.71. The predicted octanol–water partition coefficient (Wildman–Crippen LogP) is 6.30. The lowest BCUT2D eigenvalue weighted by Crippen LogP contribution is -2.48. The maximum Gasteiger partial charge on any atom is 0.245 e. The van der Waals surface area contributed by atoms with Gasteiger partial charge in [0.05, 0.1) is 15.1 Å². The van der Waals surface area contributed by atoms with E-state index >= 15 is 0 Å². The molecule has 0 heterocycles. The lowest BCUT2D eigenvalue weighted by Gasteiger charge is -2.40. The maximum absolute atomic E-state index is 13.6. The van der Waals surface area contributed by atoms with Crippen LogP contribution in [0.2, 0.25) is 15.1 Å². The van der Waals surface area contributed by atoms with E-state index in [2.05, 4.69) is 0 Å². The highest BCUT2D eigenvalue weighted by molar-refractivity contribution is 7.89. The first-order valence-corrected chi connectivity index (χ1v) is 11.7. The molecule has 2 aliphatic carbocycles. The first-order valence-electron chi connectivity index (χ1n) is 9.09. The zero-order valence-electron chi connectivity index (χ0n) is 14.2. The second-order valence-electron chi connectivity index (χ2n) is 7.12. The lowest BCUT2D eigenvalue weighted by molar-refractivity contribution is 0.170. The maximum atomic E-state index is 13.6. The molecule has 2 fully saturated rings. The van der Waals surface area contributed by atoms with E-state index in [-0.39, 0.29) is 32.0 Å². The van der Waals surface area contributed by atoms with Crippen LogP contribution >= 0.6 is 34.8 Å². The zero-order chi connectivity index (χ0) is 18.0. The van der Waals surface area contributed by atoms with Gasteiger partial charge < -0.3 is 0 Å². The molecule has 3 rings (SSSR count). The molecule has 1 aromatic carbocycles. The van der Waals surface area contributed by atoms with Crippen LogP contribution in [-0.2, 0) is 10.0 Å². The Morgan fingerprint density at radius 3 is 1.64 bits per heavy atom. The molecule has 1 aromatic rings. The van der Waals surface area contributed by atoms with Crippen LogP contribution in [0.4, 0.5) is 0 Å². The SMILES string of the molecule is O=S(=O)(c1cc(Cl)c(Cl)cc1Cl)N(C1CCCCC1)C1CCCCC1. The van der Waals surface area contributed by atoms with Crippen molar-refractivity contribution in [3.8, 4) is 0 Å². The zero-order valence-corrected chi connectivity index (χ0v) is 17.3. The molecule has 7 heteroatoms. The van der Waals surface area contributed by atoms with E-state index in [1.54, 1.807) is 4.31 Å². The van der Waals surface area contributed by atoms with Crippen molar-refractivity contribution in [2.75, 3.05) is 0 Å². The van der Waals surface area contributed by atoms with E-state index in [9.17, 15) is 8.42 Å². The topological polar surface area (TPSA) is 37.4 Å². The Hall–Kier alpha value is -0.000000000000000132. The molecule has 0 atom stereocenters. The number of hydrogen-bond acceptors (Lipinski definition) is 2. The van der Waals surface area contributed by atoms with Crippen molar-refractivity contribution >= 4 is 44.8 Å². The third-order valence-electron chi connectivity index (χ3n) is 5.40. The molecule has 0 bridgehead atoms. The van der Waals surface area contributed by atoms with Crippen molar-refractivity contribution in [1.29, 1.82) is 0 Å². The Kier molecular flexibility index (Phi) is 6.60. The van der Waals surface area contributed by atoms with E-state index in [0.29, 0.717) is 0 Å². The number of halogens is 3. The largest absolute Gasteiger partial charge is 0.245 e. The molecule has 2 aliphatic rings. The average molecular weight is 425 g/mol. The van der Waals surface area contributed by atoms with Gasteiger partial charge in [-0.25, -0.2) is 8.42 Å². The fourth-order valence-electron chi connectivity index (χ4n) is 4.18. The Labute approximate surface area is 165 Å². The monoisotopic (exact) mass is 423 g/mol. The summed E-state index contributed by atoms with van der Waals surface area (Å²) in [5.74, 6) is 0. The van der Waals surface area contributed by atoms with Crippen molar-refractivity contribution < 1.29 is 8.42 Å². The van der Waals surface area contributed by atoms with Crippen LogP contribution in [0.25, 0.3) is 0 Å². The normalized spacial score (nSPS) is 21.0. The molecule has 0 saturated heterocycles. The van der Waals surface area contributed by atoms with Crippen molar-refractivity contribution in [1.82, 2.24) is 4.31 Å². The van der Waals surface area contributed by atoms with Gasteiger partial charge in [-0.15, -0.1) is 0 Å². The summed E-state index contributed by atoms with van der Waals surface area (Å²) in [6, 6.07) is 2.96. The summed E-state index contributed by atoms with van der Waals surface area (Å²) in [6.07, 6.45) is 10.4. The molecule has 0 unspecified atom stereocenters. The molecular weight excluding hydrogens is 401 g/mol. The molecule has 25 heavy (non-hydrogen) atoms. The molecule has 0 aromatic heterocycles. The number of sulfonamides is 1. The van der Waals surface area contributed by atoms with E-state index in [0.717, 1.165) is 51.4 Å². The van der Waals surface area contributed by atoms with Crippen LogP contribution in [0.15, 0.2) is 17.0 Å². The van der Waals surface area contributed by atoms with Crippen LogP contribution < -0.4 is 0 Å². The summed E-state index contributed by atoms with van der Waals surface area (Å²) < 4.78 is 28.9. The van der Waals surface area contributed by atoms with Gasteiger partial charge in [-0.1, -0.05) is 73.3 Å². The Bertz CT molecular complexity index is 693. The smallest absolute Gasteiger partial charge is 0.207 e. The first kappa shape index (κ1) is 19.8. The standard InChI is InChI=1S/C18H24Cl3NO2S/c19-15-11-17(21)18(12-16(15)20)25(23,24)22(13-7-3-1-4-8-13)14-9-5-2-6-10-14/h11-14H,1-10H2. The lowest BCUT2D eigenvalue weighted by atomic mass is 9.91.